The lowest BCUT2D eigenvalue weighted by molar-refractivity contribution is 0.146. The molecule has 17 heavy (non-hydrogen) atoms. The summed E-state index contributed by atoms with van der Waals surface area (Å²) in [5, 5.41) is 10.6. The molecule has 1 aromatic carbocycles. The number of aromatic nitrogens is 1. The van der Waals surface area contributed by atoms with E-state index in [2.05, 4.69) is 27.6 Å². The first-order valence-electron chi connectivity index (χ1n) is 5.10. The summed E-state index contributed by atoms with van der Waals surface area (Å²) in [5.41, 5.74) is 2.17. The average molecular weight is 345 g/mol. The topological polar surface area (TPSA) is 82.3 Å². The zero-order valence-corrected chi connectivity index (χ0v) is 11.1. The highest BCUT2D eigenvalue weighted by Gasteiger charge is 2.12. The van der Waals surface area contributed by atoms with E-state index in [1.165, 1.54) is 0 Å². The number of carbonyl (C=O) groups is 1. The van der Waals surface area contributed by atoms with Crippen molar-refractivity contribution in [1.82, 2.24) is 9.99 Å². The number of para-hydroxylation sites is 1. The highest BCUT2D eigenvalue weighted by Crippen LogP contribution is 2.24. The molecule has 0 saturated heterocycles. The van der Waals surface area contributed by atoms with Gasteiger partial charge in [0.1, 0.15) is 0 Å². The van der Waals surface area contributed by atoms with Gasteiger partial charge in [-0.25, -0.2) is 15.6 Å². The minimum Gasteiger partial charge on any atom is -0.464 e. The van der Waals surface area contributed by atoms with Gasteiger partial charge in [0.15, 0.2) is 0 Å². The van der Waals surface area contributed by atoms with E-state index in [4.69, 9.17) is 10.9 Å². The Morgan fingerprint density at radius 1 is 1.47 bits per heavy atom. The largest absolute Gasteiger partial charge is 0.464 e. The molecule has 0 saturated carbocycles. The summed E-state index contributed by atoms with van der Waals surface area (Å²) < 4.78 is 1.03. The number of halogens is 1. The van der Waals surface area contributed by atoms with E-state index in [0.717, 1.165) is 25.2 Å². The molecule has 0 atom stereocenters. The van der Waals surface area contributed by atoms with Crippen LogP contribution in [0.15, 0.2) is 24.3 Å². The molecule has 1 aromatic heterocycles. The number of nitrogens with zero attached hydrogens (tertiary/aromatic N) is 1. The first kappa shape index (κ1) is 12.2. The van der Waals surface area contributed by atoms with Crippen molar-refractivity contribution in [3.05, 3.63) is 33.5 Å². The second-order valence-corrected chi connectivity index (χ2v) is 4.77. The Morgan fingerprint density at radius 2 is 2.18 bits per heavy atom. The Kier molecular flexibility index (Phi) is 3.53. The Hall–Kier alpha value is -1.28. The second-order valence-electron chi connectivity index (χ2n) is 3.69. The third-order valence-electron chi connectivity index (χ3n) is 2.61. The van der Waals surface area contributed by atoms with E-state index in [9.17, 15) is 4.79 Å². The SMILES string of the molecule is NN(CCc1c(I)[nH]c2ccccc12)C(=O)O. The molecule has 0 aliphatic heterocycles. The molecule has 6 heteroatoms. The van der Waals surface area contributed by atoms with Gasteiger partial charge in [0, 0.05) is 17.4 Å². The van der Waals surface area contributed by atoms with Gasteiger partial charge in [-0.2, -0.15) is 0 Å². The van der Waals surface area contributed by atoms with E-state index < -0.39 is 6.09 Å². The molecular weight excluding hydrogens is 333 g/mol. The fourth-order valence-electron chi connectivity index (χ4n) is 1.74. The molecule has 5 nitrogen and oxygen atoms in total. The van der Waals surface area contributed by atoms with Crippen molar-refractivity contribution in [2.45, 2.75) is 6.42 Å². The summed E-state index contributed by atoms with van der Waals surface area (Å²) in [6.45, 7) is 0.285. The van der Waals surface area contributed by atoms with E-state index >= 15 is 0 Å². The Balaban J connectivity index is 2.23. The molecule has 90 valence electrons. The van der Waals surface area contributed by atoms with E-state index in [0.29, 0.717) is 6.42 Å². The monoisotopic (exact) mass is 345 g/mol. The summed E-state index contributed by atoms with van der Waals surface area (Å²) >= 11 is 2.22. The molecule has 0 bridgehead atoms. The van der Waals surface area contributed by atoms with Crippen LogP contribution >= 0.6 is 22.6 Å². The van der Waals surface area contributed by atoms with Gasteiger partial charge < -0.3 is 10.1 Å². The predicted molar refractivity (Wildman–Crippen MR) is 73.6 cm³/mol. The van der Waals surface area contributed by atoms with Crippen LogP contribution in [0.4, 0.5) is 4.79 Å². The van der Waals surface area contributed by atoms with Crippen molar-refractivity contribution < 1.29 is 9.90 Å². The molecule has 0 spiro atoms. The molecule has 0 radical (unpaired) electrons. The van der Waals surface area contributed by atoms with Gasteiger partial charge in [0.2, 0.25) is 0 Å². The quantitative estimate of drug-likeness (QED) is 0.345. The first-order chi connectivity index (χ1) is 8.09. The van der Waals surface area contributed by atoms with Crippen LogP contribution in [0.25, 0.3) is 10.9 Å². The number of hydrogen-bond acceptors (Lipinski definition) is 2. The van der Waals surface area contributed by atoms with Gasteiger partial charge in [0.25, 0.3) is 0 Å². The van der Waals surface area contributed by atoms with Gasteiger partial charge in [-0.1, -0.05) is 18.2 Å². The molecule has 0 fully saturated rings. The van der Waals surface area contributed by atoms with E-state index in [-0.39, 0.29) is 6.54 Å². The normalized spacial score (nSPS) is 10.7. The van der Waals surface area contributed by atoms with Gasteiger partial charge in [-0.05, 0) is 40.6 Å². The van der Waals surface area contributed by atoms with Gasteiger partial charge in [0.05, 0.1) is 3.70 Å². The Labute approximate surface area is 112 Å². The number of H-pyrrole nitrogens is 1. The number of carboxylic acid groups (broad SMARTS) is 1. The van der Waals surface area contributed by atoms with Crippen LogP contribution in [-0.4, -0.2) is 27.7 Å². The maximum Gasteiger partial charge on any atom is 0.421 e. The van der Waals surface area contributed by atoms with E-state index in [1.807, 2.05) is 24.3 Å². The smallest absolute Gasteiger partial charge is 0.421 e. The van der Waals surface area contributed by atoms with Crippen LogP contribution < -0.4 is 5.84 Å². The summed E-state index contributed by atoms with van der Waals surface area (Å²) in [4.78, 5) is 13.9. The number of fused-ring (bicyclic) bond motifs is 1. The van der Waals surface area contributed by atoms with Crippen molar-refractivity contribution in [3.8, 4) is 0 Å². The molecule has 0 aliphatic rings. The standard InChI is InChI=1S/C11H12IN3O2/c12-10-8(5-6-15(13)11(16)17)7-3-1-2-4-9(7)14-10/h1-4,14H,5-6,13H2,(H,16,17). The predicted octanol–water partition coefficient (Wildman–Crippen LogP) is 2.17. The summed E-state index contributed by atoms with van der Waals surface area (Å²) in [6.07, 6.45) is -0.509. The molecule has 4 N–H and O–H groups in total. The highest BCUT2D eigenvalue weighted by molar-refractivity contribution is 14.1. The average Bonchev–Trinajstić information content (AvgIpc) is 2.61. The van der Waals surface area contributed by atoms with Gasteiger partial charge in [-0.15, -0.1) is 0 Å². The molecule has 1 amide bonds. The molecular formula is C11H12IN3O2. The fourth-order valence-corrected chi connectivity index (χ4v) is 2.59. The number of nitrogens with two attached hydrogens (primary N) is 1. The summed E-state index contributed by atoms with van der Waals surface area (Å²) in [7, 11) is 0. The molecule has 0 unspecified atom stereocenters. The lowest BCUT2D eigenvalue weighted by Crippen LogP contribution is -2.37. The maximum atomic E-state index is 10.6. The number of amides is 1. The number of rotatable bonds is 3. The Morgan fingerprint density at radius 3 is 2.88 bits per heavy atom. The first-order valence-corrected chi connectivity index (χ1v) is 6.17. The minimum atomic E-state index is -1.11. The number of aromatic amines is 1. The highest BCUT2D eigenvalue weighted by atomic mass is 127. The number of hydrazine groups is 1. The van der Waals surface area contributed by atoms with Gasteiger partial charge >= 0.3 is 6.09 Å². The third kappa shape index (κ3) is 2.52. The fraction of sp³-hybridized carbons (Fsp3) is 0.182. The van der Waals surface area contributed by atoms with Crippen LogP contribution in [0.5, 0.6) is 0 Å². The zero-order chi connectivity index (χ0) is 12.4. The summed E-state index contributed by atoms with van der Waals surface area (Å²) in [6, 6.07) is 7.95. The third-order valence-corrected chi connectivity index (χ3v) is 3.53. The minimum absolute atomic E-state index is 0.285. The van der Waals surface area contributed by atoms with E-state index in [1.54, 1.807) is 0 Å². The van der Waals surface area contributed by atoms with Crippen LogP contribution in [0.2, 0.25) is 0 Å². The molecule has 1 heterocycles. The van der Waals surface area contributed by atoms with Crippen molar-refractivity contribution in [2.24, 2.45) is 5.84 Å². The van der Waals surface area contributed by atoms with Crippen molar-refractivity contribution >= 4 is 39.6 Å². The number of nitrogens with one attached hydrogen (secondary N) is 1. The van der Waals surface area contributed by atoms with Crippen molar-refractivity contribution in [1.29, 1.82) is 0 Å². The van der Waals surface area contributed by atoms with Crippen LogP contribution in [0, 0.1) is 3.70 Å². The molecule has 0 aliphatic carbocycles. The molecule has 2 rings (SSSR count). The lowest BCUT2D eigenvalue weighted by Gasteiger charge is -2.11. The van der Waals surface area contributed by atoms with Crippen molar-refractivity contribution in [2.75, 3.05) is 6.54 Å². The summed E-state index contributed by atoms with van der Waals surface area (Å²) in [5.74, 6) is 5.35. The molecule has 2 aromatic rings. The van der Waals surface area contributed by atoms with Gasteiger partial charge in [-0.3, -0.25) is 0 Å². The number of hydrogen-bond donors (Lipinski definition) is 3. The van der Waals surface area contributed by atoms with Crippen LogP contribution in [0.1, 0.15) is 5.56 Å². The maximum absolute atomic E-state index is 10.6. The van der Waals surface area contributed by atoms with Crippen LogP contribution in [0.3, 0.4) is 0 Å². The number of benzene rings is 1. The second kappa shape index (κ2) is 4.92. The zero-order valence-electron chi connectivity index (χ0n) is 8.98. The van der Waals surface area contributed by atoms with Crippen LogP contribution in [-0.2, 0) is 6.42 Å². The lowest BCUT2D eigenvalue weighted by atomic mass is 10.1. The Bertz CT molecular complexity index is 553. The van der Waals surface area contributed by atoms with Crippen molar-refractivity contribution in [3.63, 3.8) is 0 Å².